The van der Waals surface area contributed by atoms with Crippen LogP contribution in [0.5, 0.6) is 0 Å². The van der Waals surface area contributed by atoms with E-state index >= 15 is 0 Å². The lowest BCUT2D eigenvalue weighted by molar-refractivity contribution is 0.616. The maximum Gasteiger partial charge on any atom is 0.262 e. The highest BCUT2D eigenvalue weighted by atomic mass is 16.1. The van der Waals surface area contributed by atoms with Crippen molar-refractivity contribution in [2.75, 3.05) is 0 Å². The molecular formula is C14H13N3O. The lowest BCUT2D eigenvalue weighted by Gasteiger charge is -2.09. The molecule has 18 heavy (non-hydrogen) atoms. The molecule has 0 amide bonds. The molecule has 0 spiro atoms. The molecule has 2 aromatic heterocycles. The van der Waals surface area contributed by atoms with Crippen molar-refractivity contribution in [2.24, 2.45) is 5.92 Å². The van der Waals surface area contributed by atoms with Gasteiger partial charge in [0, 0.05) is 18.9 Å². The first-order valence-electron chi connectivity index (χ1n) is 6.29. The standard InChI is InChI=1S/C14H13N3O/c18-13-11-3-1-2-4-12(11)16-8-7-15-14(16)17(13)9-10-5-6-10/h1-4,7-8,10H,5-6,9H2. The zero-order valence-corrected chi connectivity index (χ0v) is 9.91. The smallest absolute Gasteiger partial charge is 0.262 e. The molecule has 0 radical (unpaired) electrons. The second-order valence-electron chi connectivity index (χ2n) is 4.97. The van der Waals surface area contributed by atoms with Crippen molar-refractivity contribution in [3.05, 3.63) is 47.0 Å². The SMILES string of the molecule is O=c1c2ccccc2n2ccnc2n1CC1CC1. The molecule has 1 fully saturated rings. The zero-order chi connectivity index (χ0) is 12.1. The van der Waals surface area contributed by atoms with Gasteiger partial charge in [-0.15, -0.1) is 0 Å². The van der Waals surface area contributed by atoms with E-state index in [0.29, 0.717) is 5.92 Å². The molecule has 4 rings (SSSR count). The van der Waals surface area contributed by atoms with Crippen LogP contribution in [0.3, 0.4) is 0 Å². The average molecular weight is 239 g/mol. The Kier molecular flexibility index (Phi) is 1.89. The zero-order valence-electron chi connectivity index (χ0n) is 9.91. The summed E-state index contributed by atoms with van der Waals surface area (Å²) in [6.07, 6.45) is 6.13. The van der Waals surface area contributed by atoms with Crippen molar-refractivity contribution in [1.82, 2.24) is 14.0 Å². The van der Waals surface area contributed by atoms with Gasteiger partial charge in [0.25, 0.3) is 5.56 Å². The van der Waals surface area contributed by atoms with E-state index in [9.17, 15) is 4.79 Å². The third-order valence-corrected chi connectivity index (χ3v) is 3.64. The van der Waals surface area contributed by atoms with Crippen LogP contribution >= 0.6 is 0 Å². The van der Waals surface area contributed by atoms with Gasteiger partial charge in [-0.3, -0.25) is 13.8 Å². The van der Waals surface area contributed by atoms with Crippen LogP contribution in [-0.4, -0.2) is 14.0 Å². The predicted octanol–water partition coefficient (Wildman–Crippen LogP) is 2.06. The summed E-state index contributed by atoms with van der Waals surface area (Å²) in [7, 11) is 0. The van der Waals surface area contributed by atoms with Crippen LogP contribution < -0.4 is 5.56 Å². The molecule has 90 valence electrons. The fourth-order valence-electron chi connectivity index (χ4n) is 2.51. The van der Waals surface area contributed by atoms with Crippen LogP contribution in [0.15, 0.2) is 41.5 Å². The van der Waals surface area contributed by atoms with Gasteiger partial charge in [0.05, 0.1) is 10.9 Å². The highest BCUT2D eigenvalue weighted by molar-refractivity contribution is 5.80. The molecule has 1 saturated carbocycles. The van der Waals surface area contributed by atoms with Crippen LogP contribution in [0.4, 0.5) is 0 Å². The van der Waals surface area contributed by atoms with E-state index in [4.69, 9.17) is 0 Å². The van der Waals surface area contributed by atoms with Crippen molar-refractivity contribution in [3.63, 3.8) is 0 Å². The molecule has 0 N–H and O–H groups in total. The lowest BCUT2D eigenvalue weighted by Crippen LogP contribution is -2.24. The van der Waals surface area contributed by atoms with Crippen LogP contribution in [0, 0.1) is 5.92 Å². The summed E-state index contributed by atoms with van der Waals surface area (Å²) in [4.78, 5) is 16.8. The predicted molar refractivity (Wildman–Crippen MR) is 69.7 cm³/mol. The van der Waals surface area contributed by atoms with Gasteiger partial charge < -0.3 is 0 Å². The van der Waals surface area contributed by atoms with E-state index in [1.807, 2.05) is 39.4 Å². The van der Waals surface area contributed by atoms with Crippen LogP contribution in [0.1, 0.15) is 12.8 Å². The molecular weight excluding hydrogens is 226 g/mol. The Labute approximate surface area is 103 Å². The normalized spacial score (nSPS) is 15.6. The first-order chi connectivity index (χ1) is 8.84. The molecule has 0 atom stereocenters. The Morgan fingerprint density at radius 1 is 1.28 bits per heavy atom. The van der Waals surface area contributed by atoms with E-state index in [-0.39, 0.29) is 5.56 Å². The van der Waals surface area contributed by atoms with Gasteiger partial charge in [-0.2, -0.15) is 0 Å². The monoisotopic (exact) mass is 239 g/mol. The van der Waals surface area contributed by atoms with Gasteiger partial charge in [0.2, 0.25) is 5.78 Å². The van der Waals surface area contributed by atoms with E-state index in [1.54, 1.807) is 6.20 Å². The average Bonchev–Trinajstić information content (AvgIpc) is 3.08. The molecule has 0 bridgehead atoms. The van der Waals surface area contributed by atoms with Crippen molar-refractivity contribution in [3.8, 4) is 0 Å². The van der Waals surface area contributed by atoms with E-state index in [2.05, 4.69) is 4.98 Å². The number of hydrogen-bond acceptors (Lipinski definition) is 2. The molecule has 2 heterocycles. The van der Waals surface area contributed by atoms with E-state index in [1.165, 1.54) is 12.8 Å². The van der Waals surface area contributed by atoms with Crippen molar-refractivity contribution < 1.29 is 0 Å². The van der Waals surface area contributed by atoms with Crippen molar-refractivity contribution in [2.45, 2.75) is 19.4 Å². The minimum atomic E-state index is 0.0798. The number of imidazole rings is 1. The number of benzene rings is 1. The number of rotatable bonds is 2. The second kappa shape index (κ2) is 3.45. The van der Waals surface area contributed by atoms with Gasteiger partial charge in [-0.05, 0) is 30.9 Å². The van der Waals surface area contributed by atoms with E-state index < -0.39 is 0 Å². The van der Waals surface area contributed by atoms with Gasteiger partial charge in [-0.1, -0.05) is 12.1 Å². The first-order valence-corrected chi connectivity index (χ1v) is 6.29. The van der Waals surface area contributed by atoms with Crippen molar-refractivity contribution >= 4 is 16.7 Å². The summed E-state index contributed by atoms with van der Waals surface area (Å²) in [5.41, 5.74) is 1.01. The Morgan fingerprint density at radius 2 is 2.11 bits per heavy atom. The Balaban J connectivity index is 2.15. The van der Waals surface area contributed by atoms with Crippen LogP contribution in [0.25, 0.3) is 16.7 Å². The number of hydrogen-bond donors (Lipinski definition) is 0. The quantitative estimate of drug-likeness (QED) is 0.686. The van der Waals surface area contributed by atoms with Crippen LogP contribution in [-0.2, 0) is 6.54 Å². The third-order valence-electron chi connectivity index (χ3n) is 3.64. The number of fused-ring (bicyclic) bond motifs is 3. The molecule has 4 heteroatoms. The Morgan fingerprint density at radius 3 is 2.94 bits per heavy atom. The van der Waals surface area contributed by atoms with Crippen LogP contribution in [0.2, 0.25) is 0 Å². The summed E-state index contributed by atoms with van der Waals surface area (Å²) in [5, 5.41) is 0.767. The lowest BCUT2D eigenvalue weighted by atomic mass is 10.2. The topological polar surface area (TPSA) is 39.3 Å². The number of para-hydroxylation sites is 1. The molecule has 1 aliphatic carbocycles. The fourth-order valence-corrected chi connectivity index (χ4v) is 2.51. The summed E-state index contributed by atoms with van der Waals surface area (Å²) in [5.74, 6) is 1.41. The van der Waals surface area contributed by atoms with Gasteiger partial charge >= 0.3 is 0 Å². The van der Waals surface area contributed by atoms with Gasteiger partial charge in [0.1, 0.15) is 0 Å². The molecule has 0 unspecified atom stereocenters. The van der Waals surface area contributed by atoms with Gasteiger partial charge in [0.15, 0.2) is 0 Å². The molecule has 3 aromatic rings. The maximum absolute atomic E-state index is 12.5. The number of aromatic nitrogens is 3. The second-order valence-corrected chi connectivity index (χ2v) is 4.97. The maximum atomic E-state index is 12.5. The fraction of sp³-hybridized carbons (Fsp3) is 0.286. The van der Waals surface area contributed by atoms with Crippen molar-refractivity contribution in [1.29, 1.82) is 0 Å². The molecule has 0 aliphatic heterocycles. The van der Waals surface area contributed by atoms with E-state index in [0.717, 1.165) is 23.2 Å². The Hall–Kier alpha value is -2.10. The minimum Gasteiger partial charge on any atom is -0.285 e. The third kappa shape index (κ3) is 1.32. The largest absolute Gasteiger partial charge is 0.285 e. The summed E-state index contributed by atoms with van der Waals surface area (Å²) in [6, 6.07) is 7.72. The Bertz CT molecular complexity index is 796. The summed E-state index contributed by atoms with van der Waals surface area (Å²) >= 11 is 0. The number of nitrogens with zero attached hydrogens (tertiary/aromatic N) is 3. The molecule has 1 aliphatic rings. The minimum absolute atomic E-state index is 0.0798. The highest BCUT2D eigenvalue weighted by Crippen LogP contribution is 2.30. The molecule has 4 nitrogen and oxygen atoms in total. The highest BCUT2D eigenvalue weighted by Gasteiger charge is 2.24. The molecule has 0 saturated heterocycles. The summed E-state index contributed by atoms with van der Waals surface area (Å²) in [6.45, 7) is 0.796. The first kappa shape index (κ1) is 9.88. The van der Waals surface area contributed by atoms with Gasteiger partial charge in [-0.25, -0.2) is 4.98 Å². The summed E-state index contributed by atoms with van der Waals surface area (Å²) < 4.78 is 3.82. The molecule has 1 aromatic carbocycles.